The van der Waals surface area contributed by atoms with Crippen molar-refractivity contribution >= 4 is 17.5 Å². The predicted molar refractivity (Wildman–Crippen MR) is 180 cm³/mol. The lowest BCUT2D eigenvalue weighted by Gasteiger charge is -2.29. The van der Waals surface area contributed by atoms with Gasteiger partial charge in [0.05, 0.1) is 0 Å². The van der Waals surface area contributed by atoms with Crippen molar-refractivity contribution in [3.05, 3.63) is 108 Å². The van der Waals surface area contributed by atoms with Crippen molar-refractivity contribution in [1.29, 1.82) is 0 Å². The maximum atomic E-state index is 12.9. The van der Waals surface area contributed by atoms with Crippen LogP contribution < -0.4 is 5.32 Å². The molecule has 1 aromatic carbocycles. The minimum Gasteiger partial charge on any atom is -0.471 e. The summed E-state index contributed by atoms with van der Waals surface area (Å²) in [4.78, 5) is 38.1. The zero-order chi connectivity index (χ0) is 31.5. The molecule has 1 heterocycles. The van der Waals surface area contributed by atoms with Crippen LogP contribution in [0, 0.1) is 5.92 Å². The van der Waals surface area contributed by atoms with E-state index in [0.717, 1.165) is 76.2 Å². The van der Waals surface area contributed by atoms with E-state index in [9.17, 15) is 14.4 Å². The molecule has 1 aliphatic carbocycles. The SMILES string of the molecule is CC/C=C\C/C=C\C/C=C\C/C=C\C/C=C\CCCC(=O)NC1CCC(CC(=O)C2=CC(=O)C(C)(c3ccccc3)O2)CC1. The molecule has 1 atom stereocenters. The smallest absolute Gasteiger partial charge is 0.220 e. The molecule has 0 radical (unpaired) electrons. The van der Waals surface area contributed by atoms with E-state index in [2.05, 4.69) is 73.0 Å². The third kappa shape index (κ3) is 12.1. The second-order valence-electron chi connectivity index (χ2n) is 11.9. The van der Waals surface area contributed by atoms with Gasteiger partial charge in [0.1, 0.15) is 0 Å². The largest absolute Gasteiger partial charge is 0.471 e. The Morgan fingerprint density at radius 1 is 0.841 bits per heavy atom. The van der Waals surface area contributed by atoms with E-state index in [0.29, 0.717) is 12.8 Å². The molecule has 2 aliphatic rings. The topological polar surface area (TPSA) is 72.5 Å². The Balaban J connectivity index is 1.21. The van der Waals surface area contributed by atoms with Gasteiger partial charge in [-0.3, -0.25) is 14.4 Å². The average Bonchev–Trinajstić information content (AvgIpc) is 3.35. The van der Waals surface area contributed by atoms with Crippen LogP contribution in [-0.4, -0.2) is 23.5 Å². The molecule has 0 saturated heterocycles. The second kappa shape index (κ2) is 19.5. The number of unbranched alkanes of at least 4 members (excludes halogenated alkanes) is 1. The number of Topliss-reactive ketones (excluding diaryl/α,β-unsaturated/α-hetero) is 1. The number of carbonyl (C=O) groups is 3. The molecule has 1 aromatic rings. The van der Waals surface area contributed by atoms with Gasteiger partial charge in [-0.25, -0.2) is 0 Å². The van der Waals surface area contributed by atoms with Gasteiger partial charge in [0.25, 0.3) is 0 Å². The molecule has 0 spiro atoms. The minimum absolute atomic E-state index is 0.111. The highest BCUT2D eigenvalue weighted by Gasteiger charge is 2.43. The second-order valence-corrected chi connectivity index (χ2v) is 11.9. The summed E-state index contributed by atoms with van der Waals surface area (Å²) >= 11 is 0. The molecule has 1 unspecified atom stereocenters. The Morgan fingerprint density at radius 2 is 1.41 bits per heavy atom. The molecular weight excluding hydrogens is 546 g/mol. The fraction of sp³-hybridized carbons (Fsp3) is 0.462. The molecule has 236 valence electrons. The van der Waals surface area contributed by atoms with Gasteiger partial charge in [-0.05, 0) is 83.5 Å². The molecular formula is C39H51NO4. The molecule has 0 bridgehead atoms. The van der Waals surface area contributed by atoms with Gasteiger partial charge in [0.2, 0.25) is 11.7 Å². The van der Waals surface area contributed by atoms with Crippen LogP contribution in [-0.2, 0) is 24.7 Å². The Bertz CT molecular complexity index is 1230. The van der Waals surface area contributed by atoms with Gasteiger partial charge in [-0.1, -0.05) is 98.0 Å². The number of hydrogen-bond acceptors (Lipinski definition) is 4. The number of carbonyl (C=O) groups excluding carboxylic acids is 3. The van der Waals surface area contributed by atoms with E-state index in [4.69, 9.17) is 4.74 Å². The van der Waals surface area contributed by atoms with E-state index >= 15 is 0 Å². The highest BCUT2D eigenvalue weighted by atomic mass is 16.5. The Hall–Kier alpha value is -3.73. The Labute approximate surface area is 264 Å². The third-order valence-electron chi connectivity index (χ3n) is 8.26. The number of rotatable bonds is 18. The summed E-state index contributed by atoms with van der Waals surface area (Å²) in [5, 5.41) is 3.18. The summed E-state index contributed by atoms with van der Waals surface area (Å²) in [6.07, 6.45) is 34.4. The van der Waals surface area contributed by atoms with Gasteiger partial charge in [0.15, 0.2) is 17.1 Å². The standard InChI is InChI=1S/C39H51NO4/c1-3-4-5-6-7-8-9-10-11-12-13-14-15-16-17-18-22-25-38(43)40-34-28-26-32(27-29-34)30-35(41)36-31-37(42)39(2,44-36)33-23-20-19-21-24-33/h4-5,7-8,10-11,13-14,16-17,19-21,23-24,31-32,34H,3,6,9,12,15,18,22,25-30H2,1-2H3,(H,40,43)/b5-4-,8-7-,11-10-,14-13-,17-16-. The van der Waals surface area contributed by atoms with Gasteiger partial charge in [-0.2, -0.15) is 0 Å². The molecule has 5 heteroatoms. The Kier molecular flexibility index (Phi) is 15.4. The number of ketones is 2. The quantitative estimate of drug-likeness (QED) is 0.135. The van der Waals surface area contributed by atoms with Crippen LogP contribution >= 0.6 is 0 Å². The number of hydrogen-bond donors (Lipinski definition) is 1. The lowest BCUT2D eigenvalue weighted by atomic mass is 9.83. The van der Waals surface area contributed by atoms with Crippen molar-refractivity contribution in [1.82, 2.24) is 5.32 Å². The van der Waals surface area contributed by atoms with Crippen LogP contribution in [0.25, 0.3) is 0 Å². The lowest BCUT2D eigenvalue weighted by molar-refractivity contribution is -0.132. The average molecular weight is 598 g/mol. The first-order valence-corrected chi connectivity index (χ1v) is 16.5. The fourth-order valence-corrected chi connectivity index (χ4v) is 5.57. The summed E-state index contributed by atoms with van der Waals surface area (Å²) in [5.41, 5.74) is -0.389. The predicted octanol–water partition coefficient (Wildman–Crippen LogP) is 8.94. The first kappa shape index (κ1) is 34.8. The summed E-state index contributed by atoms with van der Waals surface area (Å²) in [6, 6.07) is 9.48. The van der Waals surface area contributed by atoms with Crippen molar-refractivity contribution in [2.75, 3.05) is 0 Å². The van der Waals surface area contributed by atoms with Crippen LogP contribution in [0.5, 0.6) is 0 Å². The molecule has 1 saturated carbocycles. The number of benzene rings is 1. The monoisotopic (exact) mass is 597 g/mol. The molecule has 1 amide bonds. The number of allylic oxidation sites excluding steroid dienone is 11. The van der Waals surface area contributed by atoms with Crippen molar-refractivity contribution < 1.29 is 19.1 Å². The number of amides is 1. The van der Waals surface area contributed by atoms with Gasteiger partial charge in [-0.15, -0.1) is 0 Å². The molecule has 1 fully saturated rings. The van der Waals surface area contributed by atoms with E-state index in [-0.39, 0.29) is 35.2 Å². The molecule has 1 aliphatic heterocycles. The maximum Gasteiger partial charge on any atom is 0.220 e. The van der Waals surface area contributed by atoms with Gasteiger partial charge >= 0.3 is 0 Å². The van der Waals surface area contributed by atoms with Gasteiger partial charge < -0.3 is 10.1 Å². The maximum absolute atomic E-state index is 12.9. The summed E-state index contributed by atoms with van der Waals surface area (Å²) in [5.74, 6) is 0.221. The number of ether oxygens (including phenoxy) is 1. The summed E-state index contributed by atoms with van der Waals surface area (Å²) in [6.45, 7) is 3.87. The van der Waals surface area contributed by atoms with E-state index in [1.165, 1.54) is 6.08 Å². The third-order valence-corrected chi connectivity index (χ3v) is 8.26. The Morgan fingerprint density at radius 3 is 2.00 bits per heavy atom. The van der Waals surface area contributed by atoms with Crippen LogP contribution in [0.1, 0.15) is 103 Å². The van der Waals surface area contributed by atoms with Crippen molar-refractivity contribution in [2.45, 2.75) is 109 Å². The molecule has 3 rings (SSSR count). The van der Waals surface area contributed by atoms with Crippen molar-refractivity contribution in [3.8, 4) is 0 Å². The zero-order valence-electron chi connectivity index (χ0n) is 26.7. The summed E-state index contributed by atoms with van der Waals surface area (Å²) in [7, 11) is 0. The first-order chi connectivity index (χ1) is 21.4. The fourth-order valence-electron chi connectivity index (χ4n) is 5.57. The molecule has 44 heavy (non-hydrogen) atoms. The van der Waals surface area contributed by atoms with Crippen molar-refractivity contribution in [2.24, 2.45) is 5.92 Å². The summed E-state index contributed by atoms with van der Waals surface area (Å²) < 4.78 is 5.93. The molecule has 0 aromatic heterocycles. The van der Waals surface area contributed by atoms with E-state index in [1.54, 1.807) is 6.92 Å². The van der Waals surface area contributed by atoms with Crippen molar-refractivity contribution in [3.63, 3.8) is 0 Å². The van der Waals surface area contributed by atoms with Crippen LogP contribution in [0.15, 0.2) is 103 Å². The minimum atomic E-state index is -1.14. The zero-order valence-corrected chi connectivity index (χ0v) is 26.7. The molecule has 1 N–H and O–H groups in total. The van der Waals surface area contributed by atoms with E-state index < -0.39 is 5.60 Å². The van der Waals surface area contributed by atoms with Crippen LogP contribution in [0.4, 0.5) is 0 Å². The van der Waals surface area contributed by atoms with Crippen LogP contribution in [0.2, 0.25) is 0 Å². The highest BCUT2D eigenvalue weighted by molar-refractivity contribution is 6.08. The highest BCUT2D eigenvalue weighted by Crippen LogP contribution is 2.36. The van der Waals surface area contributed by atoms with E-state index in [1.807, 2.05) is 30.3 Å². The van der Waals surface area contributed by atoms with Gasteiger partial charge in [0, 0.05) is 30.5 Å². The molecule has 5 nitrogen and oxygen atoms in total. The number of nitrogens with one attached hydrogen (secondary N) is 1. The van der Waals surface area contributed by atoms with Crippen LogP contribution in [0.3, 0.4) is 0 Å². The normalized spacial score (nSPS) is 22.5. The first-order valence-electron chi connectivity index (χ1n) is 16.5. The lowest BCUT2D eigenvalue weighted by Crippen LogP contribution is -2.37.